The normalized spacial score (nSPS) is 11.2. The summed E-state index contributed by atoms with van der Waals surface area (Å²) in [6, 6.07) is 43.2. The number of nitrogens with one attached hydrogen (secondary N) is 2. The number of para-hydroxylation sites is 2. The van der Waals surface area contributed by atoms with E-state index in [2.05, 4.69) is 50.8 Å². The van der Waals surface area contributed by atoms with Crippen molar-refractivity contribution in [2.75, 3.05) is 14.2 Å². The van der Waals surface area contributed by atoms with E-state index in [9.17, 15) is 19.0 Å². The standard InChI is InChI=1S/2C27H22FN5O2.Cu/c2*1-16-7-9-17(10-8-16)23-14-19(13-18-5-3-4-6-24(18)35-2)26(32-30-23)33-31-25-21-15-20(28)11-12-22(21)29-27(25)34;/h2*3-12,14-15,29,34H,13H2,1-2H3;/q;;+2/p-2. The summed E-state index contributed by atoms with van der Waals surface area (Å²) < 4.78 is 38.6. The van der Waals surface area contributed by atoms with Gasteiger partial charge in [-0.05, 0) is 97.4 Å². The van der Waals surface area contributed by atoms with Gasteiger partial charge in [0.05, 0.1) is 25.6 Å². The summed E-state index contributed by atoms with van der Waals surface area (Å²) in [6.45, 7) is 4.04. The Kier molecular flexibility index (Phi) is 14.9. The van der Waals surface area contributed by atoms with Gasteiger partial charge in [-0.25, -0.2) is 8.78 Å². The number of hydrogen-bond donors (Lipinski definition) is 2. The second-order valence-electron chi connectivity index (χ2n) is 16.3. The maximum absolute atomic E-state index is 13.8. The molecule has 0 aliphatic carbocycles. The number of azo groups is 2. The third kappa shape index (κ3) is 11.1. The van der Waals surface area contributed by atoms with Gasteiger partial charge in [0.25, 0.3) is 0 Å². The molecule has 1 radical (unpaired) electrons. The molecular weight excluding hydrogens is 954 g/mol. The maximum Gasteiger partial charge on any atom is 2.00 e. The van der Waals surface area contributed by atoms with Crippen molar-refractivity contribution < 1.29 is 45.5 Å². The van der Waals surface area contributed by atoms with E-state index in [0.29, 0.717) is 46.0 Å². The summed E-state index contributed by atoms with van der Waals surface area (Å²) in [4.78, 5) is 5.33. The van der Waals surface area contributed by atoms with Crippen molar-refractivity contribution in [3.05, 3.63) is 191 Å². The molecule has 0 bridgehead atoms. The smallest absolute Gasteiger partial charge is 0.859 e. The van der Waals surface area contributed by atoms with Crippen molar-refractivity contribution in [1.29, 1.82) is 0 Å². The van der Waals surface area contributed by atoms with Crippen LogP contribution < -0.4 is 19.7 Å². The van der Waals surface area contributed by atoms with Crippen LogP contribution in [0.15, 0.2) is 166 Å². The number of nitrogens with zero attached hydrogens (tertiary/aromatic N) is 8. The van der Waals surface area contributed by atoms with Crippen molar-refractivity contribution in [3.63, 3.8) is 0 Å². The molecule has 0 fully saturated rings. The summed E-state index contributed by atoms with van der Waals surface area (Å²) in [5.41, 5.74) is 9.89. The van der Waals surface area contributed by atoms with Crippen LogP contribution in [0, 0.1) is 25.5 Å². The van der Waals surface area contributed by atoms with E-state index in [1.165, 1.54) is 36.4 Å². The van der Waals surface area contributed by atoms with E-state index in [4.69, 9.17) is 9.47 Å². The summed E-state index contributed by atoms with van der Waals surface area (Å²) in [7, 11) is 3.24. The van der Waals surface area contributed by atoms with Gasteiger partial charge in [-0.15, -0.1) is 40.9 Å². The molecule has 71 heavy (non-hydrogen) atoms. The quantitative estimate of drug-likeness (QED) is 0.0890. The van der Waals surface area contributed by atoms with Crippen LogP contribution in [0.3, 0.4) is 0 Å². The number of aryl methyl sites for hydroxylation is 2. The Labute approximate surface area is 416 Å². The van der Waals surface area contributed by atoms with E-state index >= 15 is 0 Å². The van der Waals surface area contributed by atoms with E-state index in [1.807, 2.05) is 123 Å². The minimum Gasteiger partial charge on any atom is -0.859 e. The average Bonchev–Trinajstić information content (AvgIpc) is 3.86. The van der Waals surface area contributed by atoms with Crippen LogP contribution in [0.1, 0.15) is 33.4 Å². The summed E-state index contributed by atoms with van der Waals surface area (Å²) >= 11 is 0. The third-order valence-corrected chi connectivity index (χ3v) is 11.4. The van der Waals surface area contributed by atoms with Crippen LogP contribution in [0.25, 0.3) is 44.3 Å². The molecule has 6 aromatic carbocycles. The second-order valence-corrected chi connectivity index (χ2v) is 16.3. The van der Waals surface area contributed by atoms with Gasteiger partial charge < -0.3 is 29.7 Å². The van der Waals surface area contributed by atoms with Crippen LogP contribution in [0.2, 0.25) is 0 Å². The average molecular weight is 997 g/mol. The Bertz CT molecular complexity index is 3330. The van der Waals surface area contributed by atoms with E-state index in [0.717, 1.165) is 56.0 Å². The molecule has 0 aliphatic heterocycles. The Morgan fingerprint density at radius 2 is 0.873 bits per heavy atom. The number of fused-ring (bicyclic) bond motifs is 2. The molecule has 0 saturated carbocycles. The van der Waals surface area contributed by atoms with Gasteiger partial charge in [0.1, 0.15) is 34.5 Å². The molecule has 17 heteroatoms. The van der Waals surface area contributed by atoms with Gasteiger partial charge >= 0.3 is 17.1 Å². The van der Waals surface area contributed by atoms with E-state index in [1.54, 1.807) is 14.2 Å². The zero-order chi connectivity index (χ0) is 48.7. The molecule has 0 aliphatic rings. The van der Waals surface area contributed by atoms with Crippen LogP contribution in [0.4, 0.5) is 31.8 Å². The topological polar surface area (TPSA) is 197 Å². The first kappa shape index (κ1) is 48.8. The van der Waals surface area contributed by atoms with Gasteiger partial charge in [0.2, 0.25) is 0 Å². The molecule has 0 amide bonds. The summed E-state index contributed by atoms with van der Waals surface area (Å²) in [5.74, 6) is 0.152. The van der Waals surface area contributed by atoms with Gasteiger partial charge in [0, 0.05) is 56.9 Å². The minimum absolute atomic E-state index is 0. The Morgan fingerprint density at radius 3 is 1.27 bits per heavy atom. The number of aromatic nitrogens is 6. The zero-order valence-electron chi connectivity index (χ0n) is 38.5. The predicted molar refractivity (Wildman–Crippen MR) is 260 cm³/mol. The van der Waals surface area contributed by atoms with Gasteiger partial charge in [-0.1, -0.05) is 96.1 Å². The van der Waals surface area contributed by atoms with Crippen molar-refractivity contribution in [3.8, 4) is 45.8 Å². The van der Waals surface area contributed by atoms with Crippen LogP contribution in [-0.2, 0) is 29.9 Å². The Hall–Kier alpha value is -8.66. The third-order valence-electron chi connectivity index (χ3n) is 11.4. The van der Waals surface area contributed by atoms with Gasteiger partial charge in [0.15, 0.2) is 11.6 Å². The number of rotatable bonds is 12. The first-order chi connectivity index (χ1) is 34.0. The number of hydrogen-bond acceptors (Lipinski definition) is 12. The van der Waals surface area contributed by atoms with Crippen molar-refractivity contribution >= 4 is 44.8 Å². The monoisotopic (exact) mass is 995 g/mol. The molecule has 0 saturated heterocycles. The van der Waals surface area contributed by atoms with Gasteiger partial charge in [-0.3, -0.25) is 0 Å². The fourth-order valence-electron chi connectivity index (χ4n) is 7.76. The fourth-order valence-corrected chi connectivity index (χ4v) is 7.76. The Morgan fingerprint density at radius 1 is 0.479 bits per heavy atom. The van der Waals surface area contributed by atoms with Gasteiger partial charge in [-0.2, -0.15) is 0 Å². The number of aromatic amines is 2. The van der Waals surface area contributed by atoms with Crippen LogP contribution >= 0.6 is 0 Å². The number of benzene rings is 6. The first-order valence-corrected chi connectivity index (χ1v) is 21.9. The minimum atomic E-state index is -0.466. The Balaban J connectivity index is 0.000000188. The van der Waals surface area contributed by atoms with E-state index < -0.39 is 23.4 Å². The molecule has 10 rings (SSSR count). The number of H-pyrrole nitrogens is 2. The second kappa shape index (κ2) is 21.7. The molecule has 0 spiro atoms. The molecular formula is C54H42CuF2N10O4. The zero-order valence-corrected chi connectivity index (χ0v) is 39.5. The predicted octanol–water partition coefficient (Wildman–Crippen LogP) is 12.3. The number of ether oxygens (including phenoxy) is 2. The van der Waals surface area contributed by atoms with Crippen molar-refractivity contribution in [2.24, 2.45) is 20.5 Å². The number of methoxy groups -OCH3 is 2. The van der Waals surface area contributed by atoms with E-state index in [-0.39, 0.29) is 40.1 Å². The largest absolute Gasteiger partial charge is 2.00 e. The van der Waals surface area contributed by atoms with Crippen LogP contribution in [-0.4, -0.2) is 44.6 Å². The molecule has 4 aromatic heterocycles. The molecule has 0 atom stereocenters. The molecule has 10 aromatic rings. The molecule has 2 N–H and O–H groups in total. The molecule has 357 valence electrons. The fraction of sp³-hybridized carbons (Fsp3) is 0.111. The summed E-state index contributed by atoms with van der Waals surface area (Å²) in [6.07, 6.45) is 0.916. The van der Waals surface area contributed by atoms with Crippen LogP contribution in [0.5, 0.6) is 23.3 Å². The number of halogens is 2. The first-order valence-electron chi connectivity index (χ1n) is 21.9. The van der Waals surface area contributed by atoms with Crippen molar-refractivity contribution in [2.45, 2.75) is 26.7 Å². The molecule has 0 unspecified atom stereocenters. The molecule has 14 nitrogen and oxygen atoms in total. The van der Waals surface area contributed by atoms with Crippen molar-refractivity contribution in [1.82, 2.24) is 30.4 Å². The summed E-state index contributed by atoms with van der Waals surface area (Å²) in [5, 5.41) is 59.7. The maximum atomic E-state index is 13.8. The SMILES string of the molecule is COc1ccccc1Cc1cc(-c2ccc(C)cc2)nnc1N=Nc1c([O-])[nH]c2ccc(F)cc12.COc1ccccc1Cc1cc(-c2ccc(C)cc2)nnc1N=Nc1c([O-])[nH]c2ccc(F)cc12.[Cu+2]. The molecule has 4 heterocycles.